The molecule has 4 nitrogen and oxygen atoms in total. The molecule has 1 aliphatic carbocycles. The Labute approximate surface area is 176 Å². The Hall–Kier alpha value is -0.820. The predicted octanol–water partition coefficient (Wildman–Crippen LogP) is 4.01. The molecule has 1 aromatic rings. The number of aliphatic imine (C=N–C) groups is 1. The Morgan fingerprint density at radius 3 is 2.50 bits per heavy atom. The van der Waals surface area contributed by atoms with Crippen molar-refractivity contribution in [1.82, 2.24) is 15.5 Å². The van der Waals surface area contributed by atoms with Crippen molar-refractivity contribution in [3.05, 3.63) is 35.9 Å². The number of guanidine groups is 1. The molecule has 2 atom stereocenters. The second kappa shape index (κ2) is 11.1. The molecule has 5 heteroatoms. The van der Waals surface area contributed by atoms with Crippen molar-refractivity contribution in [1.29, 1.82) is 0 Å². The largest absolute Gasteiger partial charge is 0.354 e. The normalized spacial score (nSPS) is 24.0. The van der Waals surface area contributed by atoms with Gasteiger partial charge in [-0.2, -0.15) is 0 Å². The highest BCUT2D eigenvalue weighted by Gasteiger charge is 2.36. The zero-order valence-corrected chi connectivity index (χ0v) is 18.6. The number of halogens is 1. The van der Waals surface area contributed by atoms with Gasteiger partial charge in [0.05, 0.1) is 0 Å². The summed E-state index contributed by atoms with van der Waals surface area (Å²) >= 11 is 0. The maximum Gasteiger partial charge on any atom is 0.191 e. The van der Waals surface area contributed by atoms with Crippen molar-refractivity contribution in [3.63, 3.8) is 0 Å². The lowest BCUT2D eigenvalue weighted by molar-refractivity contribution is 0.198. The van der Waals surface area contributed by atoms with Crippen LogP contribution in [0.3, 0.4) is 0 Å². The fourth-order valence-corrected chi connectivity index (χ4v) is 3.85. The van der Waals surface area contributed by atoms with Crippen molar-refractivity contribution in [2.45, 2.75) is 64.6 Å². The van der Waals surface area contributed by atoms with E-state index in [2.05, 4.69) is 64.7 Å². The molecule has 2 aliphatic rings. The van der Waals surface area contributed by atoms with Gasteiger partial charge in [-0.15, -0.1) is 24.0 Å². The first-order valence-electron chi connectivity index (χ1n) is 10.1. The van der Waals surface area contributed by atoms with Gasteiger partial charge in [-0.1, -0.05) is 43.7 Å². The van der Waals surface area contributed by atoms with Gasteiger partial charge in [-0.05, 0) is 44.1 Å². The number of hydrogen-bond acceptors (Lipinski definition) is 2. The van der Waals surface area contributed by atoms with Crippen LogP contribution in [0.2, 0.25) is 0 Å². The average molecular weight is 470 g/mol. The molecule has 1 saturated heterocycles. The van der Waals surface area contributed by atoms with E-state index in [1.807, 2.05) is 0 Å². The minimum Gasteiger partial charge on any atom is -0.354 e. The van der Waals surface area contributed by atoms with Crippen LogP contribution in [0.25, 0.3) is 0 Å². The average Bonchev–Trinajstić information content (AvgIpc) is 3.35. The fourth-order valence-electron chi connectivity index (χ4n) is 3.85. The number of nitrogens with one attached hydrogen (secondary N) is 2. The van der Waals surface area contributed by atoms with Gasteiger partial charge in [-0.25, -0.2) is 0 Å². The minimum absolute atomic E-state index is 0. The molecule has 0 spiro atoms. The summed E-state index contributed by atoms with van der Waals surface area (Å²) in [5.41, 5.74) is 1.42. The van der Waals surface area contributed by atoms with Gasteiger partial charge in [0.2, 0.25) is 0 Å². The molecule has 2 N–H and O–H groups in total. The highest BCUT2D eigenvalue weighted by atomic mass is 127. The molecule has 2 fully saturated rings. The van der Waals surface area contributed by atoms with Crippen LogP contribution in [0.15, 0.2) is 35.3 Å². The summed E-state index contributed by atoms with van der Waals surface area (Å²) in [4.78, 5) is 7.23. The van der Waals surface area contributed by atoms with E-state index >= 15 is 0 Å². The van der Waals surface area contributed by atoms with Crippen LogP contribution in [-0.4, -0.2) is 42.6 Å². The highest BCUT2D eigenvalue weighted by Crippen LogP contribution is 2.34. The van der Waals surface area contributed by atoms with Gasteiger partial charge in [0.1, 0.15) is 0 Å². The van der Waals surface area contributed by atoms with Crippen LogP contribution in [0.1, 0.15) is 51.5 Å². The van der Waals surface area contributed by atoms with Gasteiger partial charge < -0.3 is 10.6 Å². The SMILES string of the molecule is CCCC1CC1NC(=NCC)NC1CCN(Cc2ccccc2)CC1.I. The van der Waals surface area contributed by atoms with E-state index < -0.39 is 0 Å². The van der Waals surface area contributed by atoms with E-state index in [0.717, 1.165) is 38.1 Å². The fraction of sp³-hybridized carbons (Fsp3) is 0.667. The standard InChI is InChI=1S/C21H34N4.HI/c1-3-8-18-15-20(18)24-21(22-4-2)23-19-11-13-25(14-12-19)16-17-9-6-5-7-10-17;/h5-7,9-10,18-20H,3-4,8,11-16H2,1-2H3,(H2,22,23,24);1H. The Morgan fingerprint density at radius 2 is 1.85 bits per heavy atom. The topological polar surface area (TPSA) is 39.7 Å². The number of nitrogens with zero attached hydrogens (tertiary/aromatic N) is 2. The van der Waals surface area contributed by atoms with Gasteiger partial charge >= 0.3 is 0 Å². The third kappa shape index (κ3) is 6.72. The van der Waals surface area contributed by atoms with Crippen LogP contribution in [-0.2, 0) is 6.54 Å². The molecule has 0 bridgehead atoms. The molecular weight excluding hydrogens is 435 g/mol. The Balaban J connectivity index is 0.00000243. The Kier molecular flexibility index (Phi) is 9.19. The zero-order chi connectivity index (χ0) is 17.5. The van der Waals surface area contributed by atoms with Crippen molar-refractivity contribution in [3.8, 4) is 0 Å². The molecule has 1 heterocycles. The summed E-state index contributed by atoms with van der Waals surface area (Å²) in [6, 6.07) is 12.0. The second-order valence-electron chi connectivity index (χ2n) is 7.54. The van der Waals surface area contributed by atoms with E-state index in [4.69, 9.17) is 0 Å². The Bertz CT molecular complexity index is 540. The summed E-state index contributed by atoms with van der Waals surface area (Å²) in [6.07, 6.45) is 6.33. The monoisotopic (exact) mass is 470 g/mol. The lowest BCUT2D eigenvalue weighted by Gasteiger charge is -2.33. The first-order chi connectivity index (χ1) is 12.3. The number of rotatable bonds is 7. The molecule has 26 heavy (non-hydrogen) atoms. The first-order valence-corrected chi connectivity index (χ1v) is 10.1. The van der Waals surface area contributed by atoms with E-state index in [0.29, 0.717) is 12.1 Å². The van der Waals surface area contributed by atoms with Crippen molar-refractivity contribution < 1.29 is 0 Å². The second-order valence-corrected chi connectivity index (χ2v) is 7.54. The van der Waals surface area contributed by atoms with E-state index in [1.54, 1.807) is 0 Å². The maximum absolute atomic E-state index is 4.66. The molecule has 0 radical (unpaired) electrons. The quantitative estimate of drug-likeness (QED) is 0.360. The number of piperidine rings is 1. The summed E-state index contributed by atoms with van der Waals surface area (Å²) in [7, 11) is 0. The lowest BCUT2D eigenvalue weighted by Crippen LogP contribution is -2.49. The lowest BCUT2D eigenvalue weighted by atomic mass is 10.0. The number of likely N-dealkylation sites (tertiary alicyclic amines) is 1. The van der Waals surface area contributed by atoms with Gasteiger partial charge in [0, 0.05) is 38.3 Å². The van der Waals surface area contributed by atoms with Crippen LogP contribution < -0.4 is 10.6 Å². The number of hydrogen-bond donors (Lipinski definition) is 2. The van der Waals surface area contributed by atoms with Crippen molar-refractivity contribution >= 4 is 29.9 Å². The van der Waals surface area contributed by atoms with E-state index in [-0.39, 0.29) is 24.0 Å². The smallest absolute Gasteiger partial charge is 0.191 e. The molecule has 146 valence electrons. The van der Waals surface area contributed by atoms with Crippen LogP contribution in [0.5, 0.6) is 0 Å². The van der Waals surface area contributed by atoms with Gasteiger partial charge in [0.15, 0.2) is 5.96 Å². The Morgan fingerprint density at radius 1 is 1.12 bits per heavy atom. The third-order valence-electron chi connectivity index (χ3n) is 5.40. The molecule has 1 aliphatic heterocycles. The maximum atomic E-state index is 4.66. The van der Waals surface area contributed by atoms with Crippen LogP contribution >= 0.6 is 24.0 Å². The molecule has 1 aromatic carbocycles. The summed E-state index contributed by atoms with van der Waals surface area (Å²) in [6.45, 7) is 8.62. The zero-order valence-electron chi connectivity index (χ0n) is 16.3. The molecule has 3 rings (SSSR count). The number of benzene rings is 1. The molecule has 0 amide bonds. The predicted molar refractivity (Wildman–Crippen MR) is 121 cm³/mol. The molecule has 0 aromatic heterocycles. The van der Waals surface area contributed by atoms with Crippen LogP contribution in [0.4, 0.5) is 0 Å². The van der Waals surface area contributed by atoms with Crippen molar-refractivity contribution in [2.75, 3.05) is 19.6 Å². The molecule has 1 saturated carbocycles. The van der Waals surface area contributed by atoms with Gasteiger partial charge in [0.25, 0.3) is 0 Å². The van der Waals surface area contributed by atoms with Gasteiger partial charge in [-0.3, -0.25) is 9.89 Å². The van der Waals surface area contributed by atoms with E-state index in [9.17, 15) is 0 Å². The summed E-state index contributed by atoms with van der Waals surface area (Å²) < 4.78 is 0. The highest BCUT2D eigenvalue weighted by molar-refractivity contribution is 14.0. The van der Waals surface area contributed by atoms with E-state index in [1.165, 1.54) is 37.7 Å². The third-order valence-corrected chi connectivity index (χ3v) is 5.40. The summed E-state index contributed by atoms with van der Waals surface area (Å²) in [5.74, 6) is 1.90. The minimum atomic E-state index is 0. The molecule has 2 unspecified atom stereocenters. The summed E-state index contributed by atoms with van der Waals surface area (Å²) in [5, 5.41) is 7.34. The molecular formula is C21H35IN4. The van der Waals surface area contributed by atoms with Crippen molar-refractivity contribution in [2.24, 2.45) is 10.9 Å². The van der Waals surface area contributed by atoms with Crippen LogP contribution in [0, 0.1) is 5.92 Å². The first kappa shape index (κ1) is 21.5.